The van der Waals surface area contributed by atoms with E-state index in [1.807, 2.05) is 18.3 Å². The number of carbonyl (C=O) groups is 1. The van der Waals surface area contributed by atoms with Crippen LogP contribution in [0, 0.1) is 0 Å². The monoisotopic (exact) mass is 404 g/mol. The number of nitrogens with zero attached hydrogens (tertiary/aromatic N) is 4. The van der Waals surface area contributed by atoms with Crippen LogP contribution in [-0.4, -0.2) is 40.4 Å². The van der Waals surface area contributed by atoms with E-state index in [2.05, 4.69) is 31.7 Å². The molecule has 1 saturated heterocycles. The van der Waals surface area contributed by atoms with Crippen LogP contribution < -0.4 is 16.0 Å². The minimum Gasteiger partial charge on any atom is -0.383 e. The van der Waals surface area contributed by atoms with Crippen molar-refractivity contribution in [2.24, 2.45) is 0 Å². The topological polar surface area (TPSA) is 97.0 Å². The van der Waals surface area contributed by atoms with Crippen molar-refractivity contribution >= 4 is 23.2 Å². The number of ketones is 1. The Morgan fingerprint density at radius 3 is 2.77 bits per heavy atom. The standard InChI is InChI=1S/C22H21FN6O/c1-14(23)16-6-7-19(28-20(16)21(30)17-5-3-9-27-22(17)24)29-11-10-26-18(13-29)15-4-2-8-25-12-15/h2-9,12,18,26H,1,10-11,13H2,(H2,24,27). The van der Waals surface area contributed by atoms with Crippen LogP contribution in [0.1, 0.15) is 33.2 Å². The van der Waals surface area contributed by atoms with Crippen LogP contribution in [0.2, 0.25) is 0 Å². The molecule has 152 valence electrons. The molecule has 3 aromatic heterocycles. The Labute approximate surface area is 173 Å². The highest BCUT2D eigenvalue weighted by molar-refractivity contribution is 6.12. The molecule has 0 aromatic carbocycles. The van der Waals surface area contributed by atoms with Crippen molar-refractivity contribution in [2.45, 2.75) is 6.04 Å². The highest BCUT2D eigenvalue weighted by Gasteiger charge is 2.25. The summed E-state index contributed by atoms with van der Waals surface area (Å²) in [5, 5.41) is 3.46. The summed E-state index contributed by atoms with van der Waals surface area (Å²) in [4.78, 5) is 27.8. The summed E-state index contributed by atoms with van der Waals surface area (Å²) in [7, 11) is 0. The number of nitrogens with two attached hydrogens (primary N) is 1. The molecule has 1 aliphatic rings. The fourth-order valence-electron chi connectivity index (χ4n) is 3.52. The summed E-state index contributed by atoms with van der Waals surface area (Å²) in [5.74, 6) is -0.561. The number of piperazine rings is 1. The van der Waals surface area contributed by atoms with Gasteiger partial charge in [0.25, 0.3) is 0 Å². The van der Waals surface area contributed by atoms with E-state index >= 15 is 0 Å². The molecule has 3 aromatic rings. The van der Waals surface area contributed by atoms with Gasteiger partial charge in [-0.1, -0.05) is 12.6 Å². The Morgan fingerprint density at radius 2 is 2.03 bits per heavy atom. The Hall–Kier alpha value is -3.65. The number of halogens is 1. The number of hydrogen-bond donors (Lipinski definition) is 2. The summed E-state index contributed by atoms with van der Waals surface area (Å²) in [6.07, 6.45) is 5.05. The molecule has 0 spiro atoms. The molecule has 1 aliphatic heterocycles. The summed E-state index contributed by atoms with van der Waals surface area (Å²) in [5.41, 5.74) is 7.11. The minimum absolute atomic E-state index is 0.0313. The van der Waals surface area contributed by atoms with Gasteiger partial charge in [0.1, 0.15) is 23.2 Å². The van der Waals surface area contributed by atoms with Crippen LogP contribution in [0.25, 0.3) is 5.83 Å². The number of hydrogen-bond acceptors (Lipinski definition) is 7. The third-order valence-corrected chi connectivity index (χ3v) is 5.06. The van der Waals surface area contributed by atoms with E-state index in [1.165, 1.54) is 12.3 Å². The van der Waals surface area contributed by atoms with Crippen LogP contribution in [0.3, 0.4) is 0 Å². The molecular formula is C22H21FN6O. The van der Waals surface area contributed by atoms with Gasteiger partial charge in [0.05, 0.1) is 11.6 Å². The van der Waals surface area contributed by atoms with Crippen LogP contribution in [0.5, 0.6) is 0 Å². The van der Waals surface area contributed by atoms with Crippen LogP contribution in [0.4, 0.5) is 16.0 Å². The van der Waals surface area contributed by atoms with Crippen molar-refractivity contribution in [3.63, 3.8) is 0 Å². The normalized spacial score (nSPS) is 16.3. The average molecular weight is 404 g/mol. The second-order valence-corrected chi connectivity index (χ2v) is 6.97. The Morgan fingerprint density at radius 1 is 1.20 bits per heavy atom. The Kier molecular flexibility index (Phi) is 5.49. The summed E-state index contributed by atoms with van der Waals surface area (Å²) >= 11 is 0. The van der Waals surface area contributed by atoms with E-state index in [-0.39, 0.29) is 28.7 Å². The maximum Gasteiger partial charge on any atom is 0.215 e. The average Bonchev–Trinajstić information content (AvgIpc) is 2.79. The second-order valence-electron chi connectivity index (χ2n) is 6.97. The van der Waals surface area contributed by atoms with E-state index in [1.54, 1.807) is 24.4 Å². The quantitative estimate of drug-likeness (QED) is 0.631. The molecule has 4 rings (SSSR count). The first kappa shape index (κ1) is 19.7. The lowest BCUT2D eigenvalue weighted by molar-refractivity contribution is 0.103. The van der Waals surface area contributed by atoms with E-state index in [0.29, 0.717) is 18.9 Å². The predicted molar refractivity (Wildman–Crippen MR) is 114 cm³/mol. The number of pyridine rings is 3. The lowest BCUT2D eigenvalue weighted by Crippen LogP contribution is -2.46. The van der Waals surface area contributed by atoms with Gasteiger partial charge in [-0.2, -0.15) is 0 Å². The highest BCUT2D eigenvalue weighted by Crippen LogP contribution is 2.27. The first-order valence-electron chi connectivity index (χ1n) is 9.54. The van der Waals surface area contributed by atoms with Gasteiger partial charge in [-0.3, -0.25) is 9.78 Å². The molecule has 1 unspecified atom stereocenters. The lowest BCUT2D eigenvalue weighted by Gasteiger charge is -2.34. The molecule has 0 saturated carbocycles. The zero-order valence-corrected chi connectivity index (χ0v) is 16.3. The third kappa shape index (κ3) is 3.90. The summed E-state index contributed by atoms with van der Waals surface area (Å²) < 4.78 is 14.1. The minimum atomic E-state index is -0.728. The van der Waals surface area contributed by atoms with Crippen LogP contribution >= 0.6 is 0 Å². The van der Waals surface area contributed by atoms with Gasteiger partial charge < -0.3 is 16.0 Å². The van der Waals surface area contributed by atoms with E-state index in [0.717, 1.165) is 12.1 Å². The zero-order chi connectivity index (χ0) is 21.1. The molecule has 0 bridgehead atoms. The van der Waals surface area contributed by atoms with Gasteiger partial charge in [0.2, 0.25) is 5.78 Å². The van der Waals surface area contributed by atoms with Crippen LogP contribution in [-0.2, 0) is 0 Å². The number of nitrogens with one attached hydrogen (secondary N) is 1. The predicted octanol–water partition coefficient (Wildman–Crippen LogP) is 2.78. The maximum atomic E-state index is 14.1. The van der Waals surface area contributed by atoms with Crippen molar-refractivity contribution in [1.82, 2.24) is 20.3 Å². The largest absolute Gasteiger partial charge is 0.383 e. The van der Waals surface area contributed by atoms with Crippen LogP contribution in [0.15, 0.2) is 61.6 Å². The Bertz CT molecular complexity index is 1090. The number of anilines is 2. The molecule has 30 heavy (non-hydrogen) atoms. The van der Waals surface area contributed by atoms with E-state index in [9.17, 15) is 9.18 Å². The number of rotatable bonds is 5. The SMILES string of the molecule is C=C(F)c1ccc(N2CCNC(c3cccnc3)C2)nc1C(=O)c1cccnc1N. The maximum absolute atomic E-state index is 14.1. The van der Waals surface area contributed by atoms with Crippen molar-refractivity contribution < 1.29 is 9.18 Å². The number of aromatic nitrogens is 3. The fraction of sp³-hybridized carbons (Fsp3) is 0.182. The molecule has 0 radical (unpaired) electrons. The van der Waals surface area contributed by atoms with Gasteiger partial charge in [-0.15, -0.1) is 0 Å². The first-order valence-corrected chi connectivity index (χ1v) is 9.54. The van der Waals surface area contributed by atoms with Gasteiger partial charge in [-0.25, -0.2) is 14.4 Å². The molecule has 3 N–H and O–H groups in total. The highest BCUT2D eigenvalue weighted by atomic mass is 19.1. The fourth-order valence-corrected chi connectivity index (χ4v) is 3.52. The van der Waals surface area contributed by atoms with Gasteiger partial charge in [-0.05, 0) is 35.9 Å². The van der Waals surface area contributed by atoms with Crippen molar-refractivity contribution in [2.75, 3.05) is 30.3 Å². The molecule has 7 nitrogen and oxygen atoms in total. The molecular weight excluding hydrogens is 383 g/mol. The number of carbonyl (C=O) groups excluding carboxylic acids is 1. The second kappa shape index (κ2) is 8.38. The van der Waals surface area contributed by atoms with Gasteiger partial charge in [0.15, 0.2) is 0 Å². The molecule has 1 fully saturated rings. The van der Waals surface area contributed by atoms with Gasteiger partial charge in [0, 0.05) is 43.8 Å². The first-order chi connectivity index (χ1) is 14.5. The van der Waals surface area contributed by atoms with E-state index < -0.39 is 11.6 Å². The van der Waals surface area contributed by atoms with Crippen molar-refractivity contribution in [3.05, 3.63) is 84.0 Å². The molecule has 0 amide bonds. The van der Waals surface area contributed by atoms with Crippen molar-refractivity contribution in [1.29, 1.82) is 0 Å². The Balaban J connectivity index is 1.68. The molecule has 4 heterocycles. The molecule has 1 atom stereocenters. The van der Waals surface area contributed by atoms with Crippen molar-refractivity contribution in [3.8, 4) is 0 Å². The smallest absolute Gasteiger partial charge is 0.215 e. The zero-order valence-electron chi connectivity index (χ0n) is 16.3. The summed E-state index contributed by atoms with van der Waals surface area (Å²) in [6, 6.07) is 10.4. The van der Waals surface area contributed by atoms with E-state index in [4.69, 9.17) is 5.73 Å². The molecule has 0 aliphatic carbocycles. The number of nitrogen functional groups attached to an aromatic ring is 1. The lowest BCUT2D eigenvalue weighted by atomic mass is 10.0. The third-order valence-electron chi connectivity index (χ3n) is 5.06. The van der Waals surface area contributed by atoms with Gasteiger partial charge >= 0.3 is 0 Å². The summed E-state index contributed by atoms with van der Waals surface area (Å²) in [6.45, 7) is 5.41. The molecule has 8 heteroatoms.